The van der Waals surface area contributed by atoms with Gasteiger partial charge in [0.15, 0.2) is 0 Å². The number of hydrogen-bond acceptors (Lipinski definition) is 4. The molecular formula is C5H9N2NaO2. The second-order valence-corrected chi connectivity index (χ2v) is 2.08. The molecule has 0 aromatic rings. The molecule has 1 N–H and O–H groups in total. The van der Waals surface area contributed by atoms with Crippen LogP contribution in [0.15, 0.2) is 0 Å². The summed E-state index contributed by atoms with van der Waals surface area (Å²) in [6.07, 6.45) is 0. The normalized spacial score (nSPS) is 18.4. The molecule has 10 heavy (non-hydrogen) atoms. The van der Waals surface area contributed by atoms with Gasteiger partial charge in [0, 0.05) is 26.3 Å². The van der Waals surface area contributed by atoms with Crippen molar-refractivity contribution in [2.75, 3.05) is 26.3 Å². The standard InChI is InChI=1S/C5H10N2O2.Na/c8-5(9)3-7-2-1-6-4-7;/h6H,1-4H2,(H,8,9);/q;+1/p-1. The zero-order valence-corrected chi connectivity index (χ0v) is 8.09. The third-order valence-corrected chi connectivity index (χ3v) is 1.29. The first-order valence-corrected chi connectivity index (χ1v) is 2.92. The summed E-state index contributed by atoms with van der Waals surface area (Å²) in [6, 6.07) is 0. The maximum atomic E-state index is 9.97. The predicted molar refractivity (Wildman–Crippen MR) is 29.4 cm³/mol. The molecule has 0 aliphatic carbocycles. The van der Waals surface area contributed by atoms with Gasteiger partial charge in [-0.25, -0.2) is 0 Å². The quantitative estimate of drug-likeness (QED) is 0.401. The number of aliphatic carboxylic acids is 1. The molecule has 1 fully saturated rings. The van der Waals surface area contributed by atoms with Crippen LogP contribution in [0.1, 0.15) is 0 Å². The Morgan fingerprint density at radius 2 is 2.40 bits per heavy atom. The van der Waals surface area contributed by atoms with E-state index < -0.39 is 5.97 Å². The Labute approximate surface area is 81.9 Å². The van der Waals surface area contributed by atoms with Crippen LogP contribution in [0.4, 0.5) is 0 Å². The molecule has 0 amide bonds. The monoisotopic (exact) mass is 152 g/mol. The fraction of sp³-hybridized carbons (Fsp3) is 0.800. The number of carbonyl (C=O) groups is 1. The molecule has 0 radical (unpaired) electrons. The third kappa shape index (κ3) is 3.53. The molecule has 0 atom stereocenters. The molecule has 1 aliphatic rings. The molecule has 1 aliphatic heterocycles. The third-order valence-electron chi connectivity index (χ3n) is 1.29. The molecule has 0 unspecified atom stereocenters. The molecule has 0 saturated carbocycles. The summed E-state index contributed by atoms with van der Waals surface area (Å²) in [6.45, 7) is 2.42. The maximum absolute atomic E-state index is 9.97. The van der Waals surface area contributed by atoms with E-state index in [1.54, 1.807) is 4.90 Å². The minimum absolute atomic E-state index is 0. The van der Waals surface area contributed by atoms with E-state index in [2.05, 4.69) is 5.32 Å². The van der Waals surface area contributed by atoms with Crippen LogP contribution in [0.3, 0.4) is 0 Å². The van der Waals surface area contributed by atoms with E-state index in [1.807, 2.05) is 0 Å². The maximum Gasteiger partial charge on any atom is 1.00 e. The number of hydrogen-bond donors (Lipinski definition) is 1. The Bertz CT molecular complexity index is 114. The fourth-order valence-corrected chi connectivity index (χ4v) is 0.871. The molecule has 1 saturated heterocycles. The summed E-state index contributed by atoms with van der Waals surface area (Å²) in [7, 11) is 0. The van der Waals surface area contributed by atoms with Gasteiger partial charge in [-0.05, 0) is 0 Å². The molecule has 52 valence electrons. The smallest absolute Gasteiger partial charge is 0.549 e. The summed E-state index contributed by atoms with van der Waals surface area (Å²) in [5, 5.41) is 13.0. The van der Waals surface area contributed by atoms with E-state index >= 15 is 0 Å². The molecular weight excluding hydrogens is 143 g/mol. The van der Waals surface area contributed by atoms with Crippen LogP contribution in [0.5, 0.6) is 0 Å². The summed E-state index contributed by atoms with van der Waals surface area (Å²) < 4.78 is 0. The van der Waals surface area contributed by atoms with Gasteiger partial charge in [-0.15, -0.1) is 0 Å². The van der Waals surface area contributed by atoms with E-state index in [0.717, 1.165) is 13.1 Å². The van der Waals surface area contributed by atoms with Crippen molar-refractivity contribution >= 4 is 5.97 Å². The van der Waals surface area contributed by atoms with E-state index in [0.29, 0.717) is 6.67 Å². The van der Waals surface area contributed by atoms with Gasteiger partial charge in [-0.2, -0.15) is 0 Å². The minimum atomic E-state index is -1.00. The molecule has 1 rings (SSSR count). The zero-order chi connectivity index (χ0) is 6.69. The number of rotatable bonds is 2. The van der Waals surface area contributed by atoms with Gasteiger partial charge < -0.3 is 15.2 Å². The van der Waals surface area contributed by atoms with Crippen LogP contribution in [0.25, 0.3) is 0 Å². The molecule has 5 heteroatoms. The number of nitrogens with one attached hydrogen (secondary N) is 1. The topological polar surface area (TPSA) is 55.4 Å². The van der Waals surface area contributed by atoms with Crippen molar-refractivity contribution < 1.29 is 39.5 Å². The summed E-state index contributed by atoms with van der Waals surface area (Å²) in [5.41, 5.74) is 0. The van der Waals surface area contributed by atoms with Gasteiger partial charge in [-0.3, -0.25) is 4.90 Å². The predicted octanol–water partition coefficient (Wildman–Crippen LogP) is -5.40. The summed E-state index contributed by atoms with van der Waals surface area (Å²) in [4.78, 5) is 11.8. The molecule has 0 spiro atoms. The Morgan fingerprint density at radius 3 is 2.80 bits per heavy atom. The van der Waals surface area contributed by atoms with Crippen molar-refractivity contribution in [3.05, 3.63) is 0 Å². The van der Waals surface area contributed by atoms with Gasteiger partial charge in [0.05, 0.1) is 5.97 Å². The van der Waals surface area contributed by atoms with Crippen molar-refractivity contribution in [3.63, 3.8) is 0 Å². The number of nitrogens with zero attached hydrogens (tertiary/aromatic N) is 1. The molecule has 4 nitrogen and oxygen atoms in total. The average Bonchev–Trinajstić information content (AvgIpc) is 2.15. The SMILES string of the molecule is O=C([O-])CN1CCNC1.[Na+]. The van der Waals surface area contributed by atoms with Crippen LogP contribution in [0.2, 0.25) is 0 Å². The summed E-state index contributed by atoms with van der Waals surface area (Å²) in [5.74, 6) is -1.00. The Balaban J connectivity index is 0.000000810. The zero-order valence-electron chi connectivity index (χ0n) is 6.09. The van der Waals surface area contributed by atoms with E-state index in [9.17, 15) is 9.90 Å². The van der Waals surface area contributed by atoms with Crippen molar-refractivity contribution in [1.29, 1.82) is 0 Å². The first-order valence-electron chi connectivity index (χ1n) is 2.92. The van der Waals surface area contributed by atoms with Gasteiger partial charge in [0.2, 0.25) is 0 Å². The van der Waals surface area contributed by atoms with Gasteiger partial charge in [-0.1, -0.05) is 0 Å². The van der Waals surface area contributed by atoms with Crippen molar-refractivity contribution in [2.24, 2.45) is 0 Å². The summed E-state index contributed by atoms with van der Waals surface area (Å²) >= 11 is 0. The Hall–Kier alpha value is 0.390. The Morgan fingerprint density at radius 1 is 1.70 bits per heavy atom. The molecule has 1 heterocycles. The van der Waals surface area contributed by atoms with Crippen LogP contribution in [-0.2, 0) is 4.79 Å². The Kier molecular flexibility index (Phi) is 5.29. The first-order chi connectivity index (χ1) is 4.29. The minimum Gasteiger partial charge on any atom is -0.549 e. The van der Waals surface area contributed by atoms with Crippen molar-refractivity contribution in [3.8, 4) is 0 Å². The second kappa shape index (κ2) is 5.09. The van der Waals surface area contributed by atoms with Crippen LogP contribution < -0.4 is 40.0 Å². The van der Waals surface area contributed by atoms with E-state index in [1.165, 1.54) is 0 Å². The second-order valence-electron chi connectivity index (χ2n) is 2.08. The van der Waals surface area contributed by atoms with E-state index in [4.69, 9.17) is 0 Å². The largest absolute Gasteiger partial charge is 1.00 e. The molecule has 0 aromatic carbocycles. The first kappa shape index (κ1) is 10.4. The fourth-order valence-electron chi connectivity index (χ4n) is 0.871. The van der Waals surface area contributed by atoms with E-state index in [-0.39, 0.29) is 36.1 Å². The van der Waals surface area contributed by atoms with Crippen molar-refractivity contribution in [1.82, 2.24) is 10.2 Å². The number of carboxylic acids is 1. The van der Waals surface area contributed by atoms with Crippen LogP contribution in [-0.4, -0.2) is 37.2 Å². The average molecular weight is 152 g/mol. The van der Waals surface area contributed by atoms with Gasteiger partial charge >= 0.3 is 29.6 Å². The molecule has 0 aromatic heterocycles. The van der Waals surface area contributed by atoms with Crippen LogP contribution in [0, 0.1) is 0 Å². The van der Waals surface area contributed by atoms with Gasteiger partial charge in [0.1, 0.15) is 0 Å². The molecule has 0 bridgehead atoms. The number of carbonyl (C=O) groups excluding carboxylic acids is 1. The number of carboxylic acid groups (broad SMARTS) is 1. The van der Waals surface area contributed by atoms with Crippen LogP contribution >= 0.6 is 0 Å². The van der Waals surface area contributed by atoms with Crippen molar-refractivity contribution in [2.45, 2.75) is 0 Å². The van der Waals surface area contributed by atoms with Gasteiger partial charge in [0.25, 0.3) is 0 Å².